The number of nitrogens with two attached hydrogens (primary N) is 1. The number of nitrogens with zero attached hydrogens (tertiary/aromatic N) is 1. The van der Waals surface area contributed by atoms with Crippen LogP contribution in [0.2, 0.25) is 0 Å². The van der Waals surface area contributed by atoms with Crippen molar-refractivity contribution >= 4 is 16.9 Å². The van der Waals surface area contributed by atoms with Gasteiger partial charge in [-0.1, -0.05) is 6.07 Å². The van der Waals surface area contributed by atoms with Crippen molar-refractivity contribution in [1.82, 2.24) is 4.57 Å². The van der Waals surface area contributed by atoms with Crippen molar-refractivity contribution in [2.45, 2.75) is 12.8 Å². The van der Waals surface area contributed by atoms with E-state index in [1.54, 1.807) is 22.8 Å². The van der Waals surface area contributed by atoms with Crippen molar-refractivity contribution in [2.75, 3.05) is 0 Å². The highest BCUT2D eigenvalue weighted by atomic mass is 16.5. The van der Waals surface area contributed by atoms with Crippen molar-refractivity contribution in [3.8, 4) is 5.75 Å². The van der Waals surface area contributed by atoms with Gasteiger partial charge in [0.25, 0.3) is 0 Å². The van der Waals surface area contributed by atoms with E-state index in [2.05, 4.69) is 0 Å². The molecule has 6 heteroatoms. The summed E-state index contributed by atoms with van der Waals surface area (Å²) in [5.41, 5.74) is 5.55. The molecule has 0 saturated carbocycles. The van der Waals surface area contributed by atoms with Gasteiger partial charge < -0.3 is 14.4 Å². The van der Waals surface area contributed by atoms with Gasteiger partial charge in [0.05, 0.1) is 17.4 Å². The van der Waals surface area contributed by atoms with Gasteiger partial charge >= 0.3 is 5.97 Å². The Morgan fingerprint density at radius 2 is 2.28 bits per heavy atom. The smallest absolute Gasteiger partial charge is 0.341 e. The number of aromatic carboxylic acids is 1. The van der Waals surface area contributed by atoms with E-state index in [1.807, 2.05) is 0 Å². The first-order chi connectivity index (χ1) is 8.58. The van der Waals surface area contributed by atoms with Gasteiger partial charge in [0.1, 0.15) is 11.3 Å². The summed E-state index contributed by atoms with van der Waals surface area (Å²) in [5, 5.41) is 9.36. The number of ether oxygens (including phenoxy) is 1. The third kappa shape index (κ3) is 1.39. The summed E-state index contributed by atoms with van der Waals surface area (Å²) in [4.78, 5) is 23.1. The average Bonchev–Trinajstić information content (AvgIpc) is 2.32. The molecule has 18 heavy (non-hydrogen) atoms. The number of pyridine rings is 1. The van der Waals surface area contributed by atoms with Crippen LogP contribution >= 0.6 is 0 Å². The lowest BCUT2D eigenvalue weighted by atomic mass is 10.1. The monoisotopic (exact) mass is 246 g/mol. The van der Waals surface area contributed by atoms with E-state index in [4.69, 9.17) is 15.6 Å². The zero-order chi connectivity index (χ0) is 12.9. The Hall–Kier alpha value is -2.34. The summed E-state index contributed by atoms with van der Waals surface area (Å²) < 4.78 is 7.09. The number of rotatable bonds is 1. The van der Waals surface area contributed by atoms with Crippen LogP contribution in [0.3, 0.4) is 0 Å². The standard InChI is InChI=1S/C12H10N2O4/c13-9-5-14-4-7(12(16)17)11(15)6-2-1-3-8(18-9)10(6)14/h1-4,9H,5,13H2,(H,16,17). The summed E-state index contributed by atoms with van der Waals surface area (Å²) in [5.74, 6) is -0.739. The third-order valence-electron chi connectivity index (χ3n) is 2.95. The molecule has 6 nitrogen and oxygen atoms in total. The highest BCUT2D eigenvalue weighted by molar-refractivity contribution is 5.94. The fourth-order valence-electron chi connectivity index (χ4n) is 2.21. The Labute approximate surface area is 101 Å². The molecular formula is C12H10N2O4. The molecule has 2 heterocycles. The zero-order valence-corrected chi connectivity index (χ0v) is 9.29. The zero-order valence-electron chi connectivity index (χ0n) is 9.29. The van der Waals surface area contributed by atoms with Gasteiger partial charge in [0.15, 0.2) is 6.23 Å². The lowest BCUT2D eigenvalue weighted by Crippen LogP contribution is -2.36. The predicted molar refractivity (Wildman–Crippen MR) is 63.8 cm³/mol. The summed E-state index contributed by atoms with van der Waals surface area (Å²) in [7, 11) is 0. The molecule has 3 rings (SSSR count). The normalized spacial score (nSPS) is 17.5. The molecule has 1 aromatic carbocycles. The first-order valence-electron chi connectivity index (χ1n) is 5.39. The quantitative estimate of drug-likeness (QED) is 0.758. The van der Waals surface area contributed by atoms with E-state index in [0.717, 1.165) is 0 Å². The highest BCUT2D eigenvalue weighted by Gasteiger charge is 2.22. The van der Waals surface area contributed by atoms with Crippen LogP contribution < -0.4 is 15.9 Å². The highest BCUT2D eigenvalue weighted by Crippen LogP contribution is 2.28. The lowest BCUT2D eigenvalue weighted by Gasteiger charge is -2.25. The fraction of sp³-hybridized carbons (Fsp3) is 0.167. The molecule has 0 bridgehead atoms. The Morgan fingerprint density at radius 1 is 1.50 bits per heavy atom. The van der Waals surface area contributed by atoms with Gasteiger partial charge in [-0.3, -0.25) is 10.5 Å². The summed E-state index contributed by atoms with van der Waals surface area (Å²) in [6.45, 7) is 0.314. The lowest BCUT2D eigenvalue weighted by molar-refractivity contribution is 0.0694. The number of carboxylic acid groups (broad SMARTS) is 1. The van der Waals surface area contributed by atoms with Gasteiger partial charge in [-0.2, -0.15) is 0 Å². The third-order valence-corrected chi connectivity index (χ3v) is 2.95. The first kappa shape index (κ1) is 10.8. The number of carboxylic acids is 1. The number of para-hydroxylation sites is 1. The maximum Gasteiger partial charge on any atom is 0.341 e. The van der Waals surface area contributed by atoms with Crippen LogP contribution in [-0.4, -0.2) is 21.9 Å². The molecule has 92 valence electrons. The maximum absolute atomic E-state index is 12.0. The Morgan fingerprint density at radius 3 is 3.00 bits per heavy atom. The van der Waals surface area contributed by atoms with Gasteiger partial charge in [-0.25, -0.2) is 4.79 Å². The second-order valence-electron chi connectivity index (χ2n) is 4.14. The van der Waals surface area contributed by atoms with E-state index in [-0.39, 0.29) is 5.56 Å². The van der Waals surface area contributed by atoms with Gasteiger partial charge in [-0.05, 0) is 12.1 Å². The Balaban J connectivity index is 2.46. The molecular weight excluding hydrogens is 236 g/mol. The van der Waals surface area contributed by atoms with E-state index >= 15 is 0 Å². The molecule has 2 aromatic rings. The van der Waals surface area contributed by atoms with Crippen LogP contribution in [0.25, 0.3) is 10.9 Å². The molecule has 0 spiro atoms. The maximum atomic E-state index is 12.0. The van der Waals surface area contributed by atoms with Crippen LogP contribution in [0, 0.1) is 0 Å². The molecule has 1 aliphatic rings. The average molecular weight is 246 g/mol. The molecule has 1 aliphatic heterocycles. The van der Waals surface area contributed by atoms with Gasteiger partial charge in [-0.15, -0.1) is 0 Å². The molecule has 1 unspecified atom stereocenters. The molecule has 1 aromatic heterocycles. The van der Waals surface area contributed by atoms with Crippen molar-refractivity contribution < 1.29 is 14.6 Å². The molecule has 0 saturated heterocycles. The Kier molecular flexibility index (Phi) is 2.14. The summed E-state index contributed by atoms with van der Waals surface area (Å²) in [6, 6.07) is 4.94. The second-order valence-corrected chi connectivity index (χ2v) is 4.14. The van der Waals surface area contributed by atoms with Gasteiger partial charge in [0.2, 0.25) is 5.43 Å². The first-order valence-corrected chi connectivity index (χ1v) is 5.39. The van der Waals surface area contributed by atoms with Crippen LogP contribution in [0.4, 0.5) is 0 Å². The molecule has 0 fully saturated rings. The van der Waals surface area contributed by atoms with Gasteiger partial charge in [0, 0.05) is 6.20 Å². The molecule has 0 aliphatic carbocycles. The van der Waals surface area contributed by atoms with Crippen molar-refractivity contribution in [3.63, 3.8) is 0 Å². The van der Waals surface area contributed by atoms with Crippen LogP contribution in [0.15, 0.2) is 29.2 Å². The molecule has 3 N–H and O–H groups in total. The van der Waals surface area contributed by atoms with E-state index in [1.165, 1.54) is 6.20 Å². The second kappa shape index (κ2) is 3.58. The van der Waals surface area contributed by atoms with E-state index in [9.17, 15) is 9.59 Å². The van der Waals surface area contributed by atoms with E-state index < -0.39 is 17.6 Å². The van der Waals surface area contributed by atoms with E-state index in [0.29, 0.717) is 23.2 Å². The largest absolute Gasteiger partial charge is 0.477 e. The molecule has 0 radical (unpaired) electrons. The van der Waals surface area contributed by atoms with Crippen LogP contribution in [0.1, 0.15) is 10.4 Å². The number of carbonyl (C=O) groups is 1. The number of aromatic nitrogens is 1. The number of hydrogen-bond acceptors (Lipinski definition) is 4. The van der Waals surface area contributed by atoms with Crippen LogP contribution in [-0.2, 0) is 6.54 Å². The SMILES string of the molecule is NC1Cn2cc(C(=O)O)c(=O)c3cccc(c32)O1. The summed E-state index contributed by atoms with van der Waals surface area (Å²) >= 11 is 0. The topological polar surface area (TPSA) is 94.5 Å². The fourth-order valence-corrected chi connectivity index (χ4v) is 2.21. The minimum absolute atomic E-state index is 0.256. The molecule has 0 amide bonds. The predicted octanol–water partition coefficient (Wildman–Crippen LogP) is 0.377. The van der Waals surface area contributed by atoms with Crippen molar-refractivity contribution in [1.29, 1.82) is 0 Å². The van der Waals surface area contributed by atoms with Crippen molar-refractivity contribution in [3.05, 3.63) is 40.2 Å². The number of benzene rings is 1. The van der Waals surface area contributed by atoms with Crippen LogP contribution in [0.5, 0.6) is 5.75 Å². The van der Waals surface area contributed by atoms with Crippen molar-refractivity contribution in [2.24, 2.45) is 5.73 Å². The minimum atomic E-state index is -1.24. The minimum Gasteiger partial charge on any atom is -0.477 e. The number of hydrogen-bond donors (Lipinski definition) is 2. The Bertz CT molecular complexity index is 720. The molecule has 1 atom stereocenters. The summed E-state index contributed by atoms with van der Waals surface area (Å²) in [6.07, 6.45) is 0.769.